The fourth-order valence-electron chi connectivity index (χ4n) is 3.28. The van der Waals surface area contributed by atoms with Crippen molar-refractivity contribution in [2.24, 2.45) is 10.1 Å². The predicted octanol–water partition coefficient (Wildman–Crippen LogP) is 4.04. The molecule has 0 radical (unpaired) electrons. The van der Waals surface area contributed by atoms with E-state index in [4.69, 9.17) is 26.5 Å². The molecule has 12 heteroatoms. The second kappa shape index (κ2) is 9.84. The second-order valence-corrected chi connectivity index (χ2v) is 11.4. The number of nitrogens with zero attached hydrogens (tertiary/aromatic N) is 3. The zero-order chi connectivity index (χ0) is 25.3. The van der Waals surface area contributed by atoms with Crippen LogP contribution in [0.5, 0.6) is 11.5 Å². The average molecular weight is 533 g/mol. The van der Waals surface area contributed by atoms with Crippen molar-refractivity contribution >= 4 is 60.6 Å². The number of amides is 1. The monoisotopic (exact) mass is 532 g/mol. The van der Waals surface area contributed by atoms with Crippen molar-refractivity contribution < 1.29 is 22.7 Å². The summed E-state index contributed by atoms with van der Waals surface area (Å²) in [5, 5.41) is 13.6. The van der Waals surface area contributed by atoms with Crippen LogP contribution in [0.15, 0.2) is 52.1 Å². The zero-order valence-electron chi connectivity index (χ0n) is 19.0. The summed E-state index contributed by atoms with van der Waals surface area (Å²) in [6.45, 7) is 4.62. The van der Waals surface area contributed by atoms with E-state index in [2.05, 4.69) is 10.1 Å². The normalized spacial score (nSPS) is 16.8. The largest absolute Gasteiger partial charge is 0.490 e. The summed E-state index contributed by atoms with van der Waals surface area (Å²) >= 11 is 7.09. The lowest BCUT2D eigenvalue weighted by atomic mass is 10.1. The van der Waals surface area contributed by atoms with Crippen molar-refractivity contribution in [3.05, 3.63) is 63.7 Å². The predicted molar refractivity (Wildman–Crippen MR) is 138 cm³/mol. The summed E-state index contributed by atoms with van der Waals surface area (Å²) in [6.07, 6.45) is 2.45. The molecule has 0 bridgehead atoms. The molecule has 2 aliphatic rings. The van der Waals surface area contributed by atoms with Crippen LogP contribution >= 0.6 is 23.4 Å². The van der Waals surface area contributed by atoms with Crippen molar-refractivity contribution in [2.45, 2.75) is 13.8 Å². The Morgan fingerprint density at radius 2 is 1.80 bits per heavy atom. The number of benzene rings is 2. The molecule has 2 aromatic carbocycles. The number of aliphatic imine (C=N–C) groups is 1. The Morgan fingerprint density at radius 3 is 2.46 bits per heavy atom. The number of aryl methyl sites for hydroxylation is 2. The molecular weight excluding hydrogens is 512 g/mol. The third-order valence-corrected chi connectivity index (χ3v) is 7.82. The smallest absolute Gasteiger partial charge is 0.283 e. The number of rotatable bonds is 6. The minimum atomic E-state index is -3.60. The Hall–Kier alpha value is -3.15. The van der Waals surface area contributed by atoms with Crippen LogP contribution in [-0.2, 0) is 14.6 Å². The third kappa shape index (κ3) is 5.58. The Morgan fingerprint density at radius 1 is 1.11 bits per heavy atom. The number of nitrogens with one attached hydrogen (secondary N) is 1. The molecule has 9 nitrogen and oxygen atoms in total. The summed E-state index contributed by atoms with van der Waals surface area (Å²) in [6, 6.07) is 10.9. The number of fused-ring (bicyclic) bond motifs is 1. The van der Waals surface area contributed by atoms with Crippen LogP contribution in [0.4, 0.5) is 0 Å². The number of amidine groups is 2. The van der Waals surface area contributed by atoms with Gasteiger partial charge in [0.05, 0.1) is 10.6 Å². The fraction of sp³-hybridized carbons (Fsp3) is 0.217. The molecular formula is C23H21ClN4O5S2. The van der Waals surface area contributed by atoms with Crippen LogP contribution < -0.4 is 9.47 Å². The van der Waals surface area contributed by atoms with E-state index >= 15 is 0 Å². The number of hydrogen-bond donors (Lipinski definition) is 1. The molecule has 0 saturated heterocycles. The van der Waals surface area contributed by atoms with Crippen LogP contribution in [0.1, 0.15) is 16.7 Å². The highest BCUT2D eigenvalue weighted by Crippen LogP contribution is 2.31. The van der Waals surface area contributed by atoms with Gasteiger partial charge >= 0.3 is 0 Å². The Kier molecular flexibility index (Phi) is 7.02. The van der Waals surface area contributed by atoms with Gasteiger partial charge in [0.25, 0.3) is 5.91 Å². The van der Waals surface area contributed by atoms with Gasteiger partial charge in [0.2, 0.25) is 19.4 Å². The average Bonchev–Trinajstić information content (AvgIpc) is 3.21. The van der Waals surface area contributed by atoms with Crippen LogP contribution in [0.25, 0.3) is 6.08 Å². The Balaban J connectivity index is 1.43. The molecule has 0 aromatic heterocycles. The topological polar surface area (TPSA) is 121 Å². The van der Waals surface area contributed by atoms with E-state index in [0.717, 1.165) is 39.9 Å². The van der Waals surface area contributed by atoms with Gasteiger partial charge in [-0.15, -0.1) is 5.10 Å². The van der Waals surface area contributed by atoms with Crippen molar-refractivity contribution in [2.75, 3.05) is 19.5 Å². The van der Waals surface area contributed by atoms with Gasteiger partial charge < -0.3 is 9.47 Å². The summed E-state index contributed by atoms with van der Waals surface area (Å²) in [7, 11) is -3.60. The summed E-state index contributed by atoms with van der Waals surface area (Å²) < 4.78 is 34.8. The fourth-order valence-corrected chi connectivity index (χ4v) is 5.21. The molecule has 2 heterocycles. The van der Waals surface area contributed by atoms with E-state index in [1.54, 1.807) is 18.2 Å². The van der Waals surface area contributed by atoms with Gasteiger partial charge in [0.1, 0.15) is 24.7 Å². The number of hydrazone groups is 1. The molecule has 1 amide bonds. The molecule has 2 aromatic rings. The highest BCUT2D eigenvalue weighted by atomic mass is 35.5. The maximum atomic E-state index is 12.5. The molecule has 0 atom stereocenters. The molecule has 35 heavy (non-hydrogen) atoms. The Bertz CT molecular complexity index is 1430. The van der Waals surface area contributed by atoms with Gasteiger partial charge in [-0.1, -0.05) is 35.4 Å². The zero-order valence-corrected chi connectivity index (χ0v) is 21.4. The molecule has 0 spiro atoms. The van der Waals surface area contributed by atoms with E-state index in [9.17, 15) is 13.2 Å². The highest BCUT2D eigenvalue weighted by molar-refractivity contribution is 8.42. The lowest BCUT2D eigenvalue weighted by molar-refractivity contribution is -0.114. The van der Waals surface area contributed by atoms with Gasteiger partial charge in [-0.2, -0.15) is 10.0 Å². The number of hydrogen-bond acceptors (Lipinski definition) is 8. The second-order valence-electron chi connectivity index (χ2n) is 7.81. The van der Waals surface area contributed by atoms with Crippen molar-refractivity contribution in [3.8, 4) is 11.5 Å². The lowest BCUT2D eigenvalue weighted by Crippen LogP contribution is -2.35. The molecule has 0 aliphatic carbocycles. The number of thioether (sulfide) groups is 1. The molecule has 1 N–H and O–H groups in total. The van der Waals surface area contributed by atoms with Crippen molar-refractivity contribution in [3.63, 3.8) is 0 Å². The minimum absolute atomic E-state index is 0.0300. The van der Waals surface area contributed by atoms with E-state index in [1.807, 2.05) is 32.0 Å². The number of carbonyl (C=O) groups is 1. The Labute approximate surface area is 211 Å². The third-order valence-electron chi connectivity index (χ3n) is 4.95. The van der Waals surface area contributed by atoms with Crippen LogP contribution in [-0.4, -0.2) is 54.2 Å². The SMILES string of the molecule is Cc1ccc(OCCOc2ccc(/C=C3\C(=N)N4N=C(S(C)(=O)=O)SC4=NC3=O)cc2Cl)c(C)c1. The van der Waals surface area contributed by atoms with Crippen LogP contribution in [0.2, 0.25) is 5.02 Å². The maximum absolute atomic E-state index is 12.5. The van der Waals surface area contributed by atoms with E-state index in [0.29, 0.717) is 22.9 Å². The quantitative estimate of drug-likeness (QED) is 0.440. The molecule has 0 saturated carbocycles. The number of ether oxygens (including phenoxy) is 2. The highest BCUT2D eigenvalue weighted by Gasteiger charge is 2.38. The van der Waals surface area contributed by atoms with Crippen molar-refractivity contribution in [1.82, 2.24) is 5.01 Å². The summed E-state index contributed by atoms with van der Waals surface area (Å²) in [5.41, 5.74) is 2.71. The van der Waals surface area contributed by atoms with Gasteiger partial charge in [-0.05, 0) is 61.0 Å². The first-order chi connectivity index (χ1) is 16.5. The standard InChI is InChI=1S/C23H21ClN4O5S2/c1-13-4-6-18(14(2)10-13)32-8-9-33-19-7-5-15(12-17(19)24)11-16-20(25)28-22(26-21(16)29)34-23(27-28)35(3,30)31/h4-7,10-12,25H,8-9H2,1-3H3/b16-11+,25-20?. The molecule has 182 valence electrons. The molecule has 0 fully saturated rings. The van der Waals surface area contributed by atoms with Gasteiger partial charge in [0.15, 0.2) is 5.84 Å². The minimum Gasteiger partial charge on any atom is -0.490 e. The number of sulfone groups is 1. The van der Waals surface area contributed by atoms with Crippen LogP contribution in [0.3, 0.4) is 0 Å². The molecule has 0 unspecified atom stereocenters. The number of carbonyl (C=O) groups excluding carboxylic acids is 1. The first-order valence-corrected chi connectivity index (χ1v) is 13.4. The number of halogens is 1. The summed E-state index contributed by atoms with van der Waals surface area (Å²) in [4.78, 5) is 16.4. The van der Waals surface area contributed by atoms with Gasteiger partial charge in [-0.3, -0.25) is 10.2 Å². The van der Waals surface area contributed by atoms with E-state index in [-0.39, 0.29) is 27.6 Å². The van der Waals surface area contributed by atoms with Crippen LogP contribution in [0, 0.1) is 19.3 Å². The van der Waals surface area contributed by atoms with Gasteiger partial charge in [0, 0.05) is 6.26 Å². The van der Waals surface area contributed by atoms with Crippen molar-refractivity contribution in [1.29, 1.82) is 5.41 Å². The molecule has 2 aliphatic heterocycles. The first-order valence-electron chi connectivity index (χ1n) is 10.4. The first kappa shape index (κ1) is 25.0. The summed E-state index contributed by atoms with van der Waals surface area (Å²) in [5.74, 6) is 0.300. The lowest BCUT2D eigenvalue weighted by Gasteiger charge is -2.20. The van der Waals surface area contributed by atoms with E-state index in [1.165, 1.54) is 6.08 Å². The van der Waals surface area contributed by atoms with E-state index < -0.39 is 15.7 Å². The van der Waals surface area contributed by atoms with Gasteiger partial charge in [-0.25, -0.2) is 8.42 Å². The maximum Gasteiger partial charge on any atom is 0.283 e. The molecule has 4 rings (SSSR count).